The minimum atomic E-state index is 0.701. The summed E-state index contributed by atoms with van der Waals surface area (Å²) in [5, 5.41) is 3.78. The first kappa shape index (κ1) is 16.6. The van der Waals surface area contributed by atoms with Gasteiger partial charge in [-0.2, -0.15) is 0 Å². The highest BCUT2D eigenvalue weighted by Gasteiger charge is 2.29. The third-order valence-electron chi connectivity index (χ3n) is 4.80. The van der Waals surface area contributed by atoms with Crippen molar-refractivity contribution in [1.29, 1.82) is 0 Å². The van der Waals surface area contributed by atoms with Crippen LogP contribution in [0.1, 0.15) is 52.2 Å². The highest BCUT2D eigenvalue weighted by Crippen LogP contribution is 2.30. The molecule has 0 aromatic carbocycles. The molecule has 1 saturated carbocycles. The molecule has 1 N–H and O–H groups in total. The maximum atomic E-state index is 5.51. The van der Waals surface area contributed by atoms with Crippen LogP contribution in [0.3, 0.4) is 0 Å². The van der Waals surface area contributed by atoms with Gasteiger partial charge in [0.2, 0.25) is 0 Å². The van der Waals surface area contributed by atoms with E-state index in [0.29, 0.717) is 6.04 Å². The van der Waals surface area contributed by atoms with Crippen LogP contribution in [0.4, 0.5) is 0 Å². The van der Waals surface area contributed by atoms with E-state index < -0.39 is 0 Å². The number of rotatable bonds is 8. The molecule has 1 aromatic rings. The number of hydrogen-bond acceptors (Lipinski definition) is 3. The molecule has 120 valence electrons. The second kappa shape index (κ2) is 8.60. The highest BCUT2D eigenvalue weighted by atomic mass is 16.3. The van der Waals surface area contributed by atoms with E-state index in [1.54, 1.807) is 6.26 Å². The van der Waals surface area contributed by atoms with E-state index in [0.717, 1.165) is 37.2 Å². The van der Waals surface area contributed by atoms with E-state index in [-0.39, 0.29) is 0 Å². The topological polar surface area (TPSA) is 28.4 Å². The van der Waals surface area contributed by atoms with Crippen molar-refractivity contribution in [2.45, 2.75) is 59.0 Å². The monoisotopic (exact) mass is 292 g/mol. The fourth-order valence-corrected chi connectivity index (χ4v) is 3.56. The van der Waals surface area contributed by atoms with Gasteiger partial charge in [-0.1, -0.05) is 20.8 Å². The molecule has 1 aliphatic carbocycles. The Morgan fingerprint density at radius 3 is 2.86 bits per heavy atom. The number of nitrogens with zero attached hydrogens (tertiary/aromatic N) is 1. The van der Waals surface area contributed by atoms with Gasteiger partial charge in [0.1, 0.15) is 5.76 Å². The lowest BCUT2D eigenvalue weighted by atomic mass is 9.78. The van der Waals surface area contributed by atoms with Crippen LogP contribution in [0.25, 0.3) is 0 Å². The Morgan fingerprint density at radius 1 is 1.33 bits per heavy atom. The molecule has 0 radical (unpaired) electrons. The Balaban J connectivity index is 1.91. The Bertz CT molecular complexity index is 375. The summed E-state index contributed by atoms with van der Waals surface area (Å²) in [7, 11) is 0. The SMILES string of the molecule is CCCNC1CCC(C)CC1CN(CC)Cc1ccco1. The molecule has 3 atom stereocenters. The van der Waals surface area contributed by atoms with Crippen LogP contribution in [-0.2, 0) is 6.54 Å². The summed E-state index contributed by atoms with van der Waals surface area (Å²) in [4.78, 5) is 2.53. The zero-order valence-corrected chi connectivity index (χ0v) is 14.0. The van der Waals surface area contributed by atoms with E-state index in [2.05, 4.69) is 37.1 Å². The second-order valence-corrected chi connectivity index (χ2v) is 6.65. The fraction of sp³-hybridized carbons (Fsp3) is 0.778. The largest absolute Gasteiger partial charge is 0.468 e. The standard InChI is InChI=1S/C18H32N2O/c1-4-10-19-18-9-8-15(3)12-16(18)13-20(5-2)14-17-7-6-11-21-17/h6-7,11,15-16,18-19H,4-5,8-10,12-14H2,1-3H3. The smallest absolute Gasteiger partial charge is 0.117 e. The molecule has 2 rings (SSSR count). The molecule has 0 bridgehead atoms. The van der Waals surface area contributed by atoms with E-state index >= 15 is 0 Å². The molecule has 0 amide bonds. The first-order chi connectivity index (χ1) is 10.2. The zero-order chi connectivity index (χ0) is 15.1. The van der Waals surface area contributed by atoms with Crippen molar-refractivity contribution in [2.75, 3.05) is 19.6 Å². The molecule has 0 spiro atoms. The molecule has 21 heavy (non-hydrogen) atoms. The predicted molar refractivity (Wildman–Crippen MR) is 88.2 cm³/mol. The lowest BCUT2D eigenvalue weighted by molar-refractivity contribution is 0.138. The molecule has 3 heteroatoms. The number of furan rings is 1. The molecule has 1 fully saturated rings. The second-order valence-electron chi connectivity index (χ2n) is 6.65. The summed E-state index contributed by atoms with van der Waals surface area (Å²) in [5.41, 5.74) is 0. The van der Waals surface area contributed by atoms with Gasteiger partial charge in [-0.15, -0.1) is 0 Å². The van der Waals surface area contributed by atoms with Crippen molar-refractivity contribution in [2.24, 2.45) is 11.8 Å². The lowest BCUT2D eigenvalue weighted by Gasteiger charge is -2.38. The molecular formula is C18H32N2O. The highest BCUT2D eigenvalue weighted by molar-refractivity contribution is 4.98. The summed E-state index contributed by atoms with van der Waals surface area (Å²) in [5.74, 6) is 2.73. The van der Waals surface area contributed by atoms with E-state index in [1.165, 1.54) is 32.2 Å². The van der Waals surface area contributed by atoms with Gasteiger partial charge in [-0.3, -0.25) is 4.90 Å². The van der Waals surface area contributed by atoms with E-state index in [1.807, 2.05) is 6.07 Å². The molecule has 1 aromatic heterocycles. The van der Waals surface area contributed by atoms with Crippen LogP contribution in [-0.4, -0.2) is 30.6 Å². The Hall–Kier alpha value is -0.800. The predicted octanol–water partition coefficient (Wildman–Crippen LogP) is 3.91. The molecule has 0 saturated heterocycles. The Labute approximate surface area is 130 Å². The van der Waals surface area contributed by atoms with Crippen molar-refractivity contribution in [3.05, 3.63) is 24.2 Å². The van der Waals surface area contributed by atoms with Crippen LogP contribution in [0.2, 0.25) is 0 Å². The minimum absolute atomic E-state index is 0.701. The van der Waals surface area contributed by atoms with Crippen molar-refractivity contribution < 1.29 is 4.42 Å². The van der Waals surface area contributed by atoms with Crippen molar-refractivity contribution >= 4 is 0 Å². The van der Waals surface area contributed by atoms with Gasteiger partial charge in [0.25, 0.3) is 0 Å². The summed E-state index contributed by atoms with van der Waals surface area (Å²) in [6.07, 6.45) is 7.07. The summed E-state index contributed by atoms with van der Waals surface area (Å²) in [6, 6.07) is 4.77. The third kappa shape index (κ3) is 5.15. The van der Waals surface area contributed by atoms with Crippen molar-refractivity contribution in [3.8, 4) is 0 Å². The van der Waals surface area contributed by atoms with Gasteiger partial charge in [0.15, 0.2) is 0 Å². The van der Waals surface area contributed by atoms with Crippen LogP contribution in [0, 0.1) is 11.8 Å². The van der Waals surface area contributed by atoms with Gasteiger partial charge in [-0.25, -0.2) is 0 Å². The third-order valence-corrected chi connectivity index (χ3v) is 4.80. The molecule has 0 aliphatic heterocycles. The number of nitrogens with one attached hydrogen (secondary N) is 1. The molecule has 3 unspecified atom stereocenters. The quantitative estimate of drug-likeness (QED) is 0.787. The zero-order valence-electron chi connectivity index (χ0n) is 14.0. The van der Waals surface area contributed by atoms with Gasteiger partial charge in [0, 0.05) is 12.6 Å². The summed E-state index contributed by atoms with van der Waals surface area (Å²) in [6.45, 7) is 11.3. The van der Waals surface area contributed by atoms with Gasteiger partial charge < -0.3 is 9.73 Å². The number of hydrogen-bond donors (Lipinski definition) is 1. The molecule has 1 heterocycles. The van der Waals surface area contributed by atoms with Crippen LogP contribution in [0.15, 0.2) is 22.8 Å². The molecule has 1 aliphatic rings. The van der Waals surface area contributed by atoms with Crippen LogP contribution < -0.4 is 5.32 Å². The molecule has 3 nitrogen and oxygen atoms in total. The first-order valence-corrected chi connectivity index (χ1v) is 8.71. The average Bonchev–Trinajstić information content (AvgIpc) is 2.98. The van der Waals surface area contributed by atoms with Crippen LogP contribution in [0.5, 0.6) is 0 Å². The average molecular weight is 292 g/mol. The van der Waals surface area contributed by atoms with Crippen molar-refractivity contribution in [1.82, 2.24) is 10.2 Å². The minimum Gasteiger partial charge on any atom is -0.468 e. The van der Waals surface area contributed by atoms with E-state index in [4.69, 9.17) is 4.42 Å². The van der Waals surface area contributed by atoms with E-state index in [9.17, 15) is 0 Å². The lowest BCUT2D eigenvalue weighted by Crippen LogP contribution is -2.45. The Morgan fingerprint density at radius 2 is 2.19 bits per heavy atom. The maximum Gasteiger partial charge on any atom is 0.117 e. The normalized spacial score (nSPS) is 26.4. The van der Waals surface area contributed by atoms with Gasteiger partial charge in [-0.05, 0) is 62.7 Å². The Kier molecular flexibility index (Phi) is 6.78. The van der Waals surface area contributed by atoms with Gasteiger partial charge >= 0.3 is 0 Å². The summed E-state index contributed by atoms with van der Waals surface area (Å²) < 4.78 is 5.51. The molecular weight excluding hydrogens is 260 g/mol. The van der Waals surface area contributed by atoms with Gasteiger partial charge in [0.05, 0.1) is 12.8 Å². The fourth-order valence-electron chi connectivity index (χ4n) is 3.56. The summed E-state index contributed by atoms with van der Waals surface area (Å²) >= 11 is 0. The maximum absolute atomic E-state index is 5.51. The van der Waals surface area contributed by atoms with Crippen molar-refractivity contribution in [3.63, 3.8) is 0 Å². The van der Waals surface area contributed by atoms with Crippen LogP contribution >= 0.6 is 0 Å². The first-order valence-electron chi connectivity index (χ1n) is 8.71.